The molecular weight excluding hydrogens is 352 g/mol. The Morgan fingerprint density at radius 2 is 2.25 bits per heavy atom. The molecule has 0 bridgehead atoms. The molecule has 1 aromatic rings. The van der Waals surface area contributed by atoms with Crippen LogP contribution in [-0.2, 0) is 22.4 Å². The number of aryl methyl sites for hydroxylation is 1. The lowest BCUT2D eigenvalue weighted by Gasteiger charge is -2.27. The van der Waals surface area contributed by atoms with Crippen molar-refractivity contribution in [3.05, 3.63) is 29.3 Å². The molecule has 3 rings (SSSR count). The maximum absolute atomic E-state index is 5.72. The van der Waals surface area contributed by atoms with E-state index in [2.05, 4.69) is 47.7 Å². The zero-order valence-electron chi connectivity index (χ0n) is 17.5. The van der Waals surface area contributed by atoms with Gasteiger partial charge in [0, 0.05) is 45.6 Å². The highest BCUT2D eigenvalue weighted by Crippen LogP contribution is 2.26. The molecule has 2 aliphatic rings. The maximum Gasteiger partial charge on any atom is 0.191 e. The van der Waals surface area contributed by atoms with Crippen LogP contribution in [0.2, 0.25) is 0 Å². The Kier molecular flexibility index (Phi) is 8.42. The second kappa shape index (κ2) is 11.3. The highest BCUT2D eigenvalue weighted by molar-refractivity contribution is 5.79. The van der Waals surface area contributed by atoms with Gasteiger partial charge in [0.25, 0.3) is 0 Å². The van der Waals surface area contributed by atoms with E-state index in [4.69, 9.17) is 14.5 Å². The first-order valence-corrected chi connectivity index (χ1v) is 10.8. The van der Waals surface area contributed by atoms with Crippen LogP contribution in [0, 0.1) is 0 Å². The van der Waals surface area contributed by atoms with Crippen LogP contribution in [0.25, 0.3) is 0 Å². The number of nitrogens with zero attached hydrogens (tertiary/aromatic N) is 2. The number of ether oxygens (including phenoxy) is 2. The van der Waals surface area contributed by atoms with E-state index in [1.165, 1.54) is 36.1 Å². The molecule has 1 saturated heterocycles. The molecule has 1 unspecified atom stereocenters. The average Bonchev–Trinajstić information content (AvgIpc) is 3.22. The molecule has 0 amide bonds. The molecule has 2 N–H and O–H groups in total. The molecule has 0 radical (unpaired) electrons. The lowest BCUT2D eigenvalue weighted by molar-refractivity contribution is 0.0168. The number of rotatable bonds is 9. The molecule has 1 atom stereocenters. The third-order valence-corrected chi connectivity index (χ3v) is 5.34. The van der Waals surface area contributed by atoms with Gasteiger partial charge >= 0.3 is 0 Å². The van der Waals surface area contributed by atoms with Gasteiger partial charge in [0.15, 0.2) is 5.96 Å². The van der Waals surface area contributed by atoms with Crippen molar-refractivity contribution >= 4 is 11.6 Å². The summed E-state index contributed by atoms with van der Waals surface area (Å²) in [5, 5.41) is 6.74. The summed E-state index contributed by atoms with van der Waals surface area (Å²) in [5.74, 6) is 0.872. The van der Waals surface area contributed by atoms with Crippen molar-refractivity contribution in [2.75, 3.05) is 51.4 Å². The fourth-order valence-electron chi connectivity index (χ4n) is 3.82. The fraction of sp³-hybridized carbons (Fsp3) is 0.682. The number of guanidine groups is 1. The summed E-state index contributed by atoms with van der Waals surface area (Å²) in [5.41, 5.74) is 4.08. The van der Waals surface area contributed by atoms with Crippen LogP contribution in [0.3, 0.4) is 0 Å². The van der Waals surface area contributed by atoms with Gasteiger partial charge in [-0.2, -0.15) is 0 Å². The summed E-state index contributed by atoms with van der Waals surface area (Å²) >= 11 is 0. The quantitative estimate of drug-likeness (QED) is 0.387. The van der Waals surface area contributed by atoms with Gasteiger partial charge in [0.1, 0.15) is 0 Å². The van der Waals surface area contributed by atoms with E-state index in [9.17, 15) is 0 Å². The van der Waals surface area contributed by atoms with Crippen molar-refractivity contribution in [2.45, 2.75) is 51.7 Å². The van der Waals surface area contributed by atoms with Gasteiger partial charge in [-0.05, 0) is 56.2 Å². The molecule has 6 heteroatoms. The Balaban J connectivity index is 1.41. The van der Waals surface area contributed by atoms with Crippen LogP contribution in [0.15, 0.2) is 23.2 Å². The molecule has 1 aromatic carbocycles. The monoisotopic (exact) mass is 388 g/mol. The maximum atomic E-state index is 5.72. The SMILES string of the molecule is CCNC(=NCc1ccc2c(c1)CCCN2C)NCCCOCC1CCCO1. The van der Waals surface area contributed by atoms with E-state index < -0.39 is 0 Å². The second-order valence-electron chi connectivity index (χ2n) is 7.67. The molecule has 28 heavy (non-hydrogen) atoms. The minimum atomic E-state index is 0.309. The van der Waals surface area contributed by atoms with Crippen LogP contribution in [0.5, 0.6) is 0 Å². The van der Waals surface area contributed by atoms with E-state index in [0.29, 0.717) is 12.6 Å². The predicted octanol–water partition coefficient (Wildman–Crippen LogP) is 2.71. The van der Waals surface area contributed by atoms with Gasteiger partial charge < -0.3 is 25.0 Å². The Morgan fingerprint density at radius 1 is 1.32 bits per heavy atom. The lowest BCUT2D eigenvalue weighted by atomic mass is 10.00. The van der Waals surface area contributed by atoms with Gasteiger partial charge in [0.2, 0.25) is 0 Å². The van der Waals surface area contributed by atoms with Crippen molar-refractivity contribution < 1.29 is 9.47 Å². The van der Waals surface area contributed by atoms with Crippen LogP contribution < -0.4 is 15.5 Å². The molecular formula is C22H36N4O2. The van der Waals surface area contributed by atoms with E-state index in [1.807, 2.05) is 0 Å². The van der Waals surface area contributed by atoms with Crippen molar-refractivity contribution in [1.29, 1.82) is 0 Å². The Morgan fingerprint density at radius 3 is 3.07 bits per heavy atom. The molecule has 2 aliphatic heterocycles. The molecule has 2 heterocycles. The van der Waals surface area contributed by atoms with Crippen molar-refractivity contribution in [1.82, 2.24) is 10.6 Å². The highest BCUT2D eigenvalue weighted by atomic mass is 16.5. The number of hydrogen-bond donors (Lipinski definition) is 2. The second-order valence-corrected chi connectivity index (χ2v) is 7.67. The van der Waals surface area contributed by atoms with Crippen LogP contribution in [0.1, 0.15) is 43.7 Å². The molecule has 6 nitrogen and oxygen atoms in total. The summed E-state index contributed by atoms with van der Waals surface area (Å²) in [7, 11) is 2.17. The third-order valence-electron chi connectivity index (χ3n) is 5.34. The van der Waals surface area contributed by atoms with Crippen molar-refractivity contribution in [2.24, 2.45) is 4.99 Å². The van der Waals surface area contributed by atoms with E-state index in [-0.39, 0.29) is 0 Å². The summed E-state index contributed by atoms with van der Waals surface area (Å²) in [6, 6.07) is 6.76. The van der Waals surface area contributed by atoms with E-state index in [1.54, 1.807) is 0 Å². The molecule has 0 aromatic heterocycles. The smallest absolute Gasteiger partial charge is 0.191 e. The van der Waals surface area contributed by atoms with Gasteiger partial charge in [-0.15, -0.1) is 0 Å². The van der Waals surface area contributed by atoms with Crippen LogP contribution >= 0.6 is 0 Å². The van der Waals surface area contributed by atoms with Crippen LogP contribution in [0.4, 0.5) is 5.69 Å². The summed E-state index contributed by atoms with van der Waals surface area (Å²) < 4.78 is 11.3. The van der Waals surface area contributed by atoms with Crippen molar-refractivity contribution in [3.63, 3.8) is 0 Å². The number of hydrogen-bond acceptors (Lipinski definition) is 4. The highest BCUT2D eigenvalue weighted by Gasteiger charge is 2.15. The van der Waals surface area contributed by atoms with Gasteiger partial charge in [0.05, 0.1) is 19.3 Å². The average molecular weight is 389 g/mol. The molecule has 0 aliphatic carbocycles. The Hall–Kier alpha value is -1.79. The van der Waals surface area contributed by atoms with E-state index in [0.717, 1.165) is 58.3 Å². The first kappa shape index (κ1) is 20.9. The predicted molar refractivity (Wildman–Crippen MR) is 115 cm³/mol. The zero-order chi connectivity index (χ0) is 19.6. The zero-order valence-corrected chi connectivity index (χ0v) is 17.5. The lowest BCUT2D eigenvalue weighted by Crippen LogP contribution is -2.38. The van der Waals surface area contributed by atoms with Crippen molar-refractivity contribution in [3.8, 4) is 0 Å². The first-order chi connectivity index (χ1) is 13.8. The minimum Gasteiger partial charge on any atom is -0.379 e. The number of nitrogens with one attached hydrogen (secondary N) is 2. The van der Waals surface area contributed by atoms with Gasteiger partial charge in [-0.25, -0.2) is 4.99 Å². The summed E-state index contributed by atoms with van der Waals surface area (Å²) in [6.45, 7) is 8.02. The standard InChI is InChI=1S/C22H36N4O2/c1-3-23-22(24-11-6-13-27-17-20-8-5-14-28-20)25-16-18-9-10-21-19(15-18)7-4-12-26(21)2/h9-10,15,20H,3-8,11-14,16-17H2,1-2H3,(H2,23,24,25). The molecule has 0 spiro atoms. The Labute approximate surface area is 169 Å². The largest absolute Gasteiger partial charge is 0.379 e. The van der Waals surface area contributed by atoms with Gasteiger partial charge in [-0.3, -0.25) is 0 Å². The normalized spacial score (nSPS) is 19.6. The summed E-state index contributed by atoms with van der Waals surface area (Å²) in [4.78, 5) is 7.10. The molecule has 1 fully saturated rings. The number of fused-ring (bicyclic) bond motifs is 1. The number of anilines is 1. The van der Waals surface area contributed by atoms with E-state index >= 15 is 0 Å². The first-order valence-electron chi connectivity index (χ1n) is 10.8. The minimum absolute atomic E-state index is 0.309. The topological polar surface area (TPSA) is 58.1 Å². The molecule has 156 valence electrons. The third kappa shape index (κ3) is 6.38. The fourth-order valence-corrected chi connectivity index (χ4v) is 3.82. The Bertz CT molecular complexity index is 629. The van der Waals surface area contributed by atoms with Gasteiger partial charge in [-0.1, -0.05) is 12.1 Å². The number of aliphatic imine (C=N–C) groups is 1. The number of benzene rings is 1. The summed E-state index contributed by atoms with van der Waals surface area (Å²) in [6.07, 6.45) is 5.97. The van der Waals surface area contributed by atoms with Crippen LogP contribution in [-0.4, -0.2) is 58.6 Å². The molecule has 0 saturated carbocycles.